The van der Waals surface area contributed by atoms with E-state index in [2.05, 4.69) is 32.5 Å². The van der Waals surface area contributed by atoms with Crippen LogP contribution >= 0.6 is 15.9 Å². The van der Waals surface area contributed by atoms with Crippen molar-refractivity contribution in [3.63, 3.8) is 0 Å². The van der Waals surface area contributed by atoms with E-state index >= 15 is 0 Å². The number of rotatable bonds is 3. The lowest BCUT2D eigenvalue weighted by atomic mass is 10.1. The third-order valence-corrected chi connectivity index (χ3v) is 2.46. The Labute approximate surface area is 109 Å². The van der Waals surface area contributed by atoms with E-state index in [1.807, 2.05) is 0 Å². The molecule has 17 heavy (non-hydrogen) atoms. The number of halogens is 1. The summed E-state index contributed by atoms with van der Waals surface area (Å²) in [4.78, 5) is 11.4. The number of alkyl halides is 1. The van der Waals surface area contributed by atoms with Gasteiger partial charge >= 0.3 is 5.97 Å². The number of methoxy groups -OCH3 is 2. The molecule has 1 aromatic carbocycles. The zero-order valence-corrected chi connectivity index (χ0v) is 11.3. The van der Waals surface area contributed by atoms with Crippen LogP contribution in [0.15, 0.2) is 18.2 Å². The molecule has 0 unspecified atom stereocenters. The Morgan fingerprint density at radius 2 is 2.18 bits per heavy atom. The summed E-state index contributed by atoms with van der Waals surface area (Å²) in [5.74, 6) is 6.23. The first-order valence-corrected chi connectivity index (χ1v) is 6.16. The number of hydrogen-bond acceptors (Lipinski definition) is 3. The van der Waals surface area contributed by atoms with Gasteiger partial charge in [-0.25, -0.2) is 4.79 Å². The summed E-state index contributed by atoms with van der Waals surface area (Å²) >= 11 is 3.30. The molecule has 0 heterocycles. The Hall–Kier alpha value is -1.47. The molecule has 0 spiro atoms. The maximum atomic E-state index is 11.4. The molecule has 0 aliphatic rings. The van der Waals surface area contributed by atoms with Crippen LogP contribution in [-0.4, -0.2) is 25.5 Å². The summed E-state index contributed by atoms with van der Waals surface area (Å²) in [5, 5.41) is 0.818. The van der Waals surface area contributed by atoms with Crippen LogP contribution in [0.3, 0.4) is 0 Å². The second-order valence-electron chi connectivity index (χ2n) is 3.15. The van der Waals surface area contributed by atoms with Crippen LogP contribution in [0.4, 0.5) is 0 Å². The van der Waals surface area contributed by atoms with E-state index in [0.29, 0.717) is 16.9 Å². The average Bonchev–Trinajstić information content (AvgIpc) is 2.38. The van der Waals surface area contributed by atoms with E-state index in [1.165, 1.54) is 7.11 Å². The highest BCUT2D eigenvalue weighted by molar-refractivity contribution is 9.09. The van der Waals surface area contributed by atoms with Crippen LogP contribution in [0.5, 0.6) is 5.75 Å². The fourth-order valence-corrected chi connectivity index (χ4v) is 1.45. The van der Waals surface area contributed by atoms with E-state index in [0.717, 1.165) is 11.8 Å². The number of carbonyl (C=O) groups is 1. The molecule has 0 saturated heterocycles. The number of ether oxygens (including phenoxy) is 2. The standard InChI is InChI=1S/C13H13BrO3/c1-16-12-7-6-11(13(15)17-2)9-10(12)5-3-4-8-14/h6-7,9H,4,8H2,1-2H3. The molecule has 90 valence electrons. The third-order valence-electron chi connectivity index (χ3n) is 2.06. The quantitative estimate of drug-likeness (QED) is 0.489. The van der Waals surface area contributed by atoms with Gasteiger partial charge in [-0.2, -0.15) is 0 Å². The Morgan fingerprint density at radius 1 is 1.41 bits per heavy atom. The molecule has 0 aromatic heterocycles. The summed E-state index contributed by atoms with van der Waals surface area (Å²) in [7, 11) is 2.92. The fourth-order valence-electron chi connectivity index (χ4n) is 1.26. The highest BCUT2D eigenvalue weighted by Gasteiger charge is 2.08. The smallest absolute Gasteiger partial charge is 0.337 e. The van der Waals surface area contributed by atoms with Crippen LogP contribution in [-0.2, 0) is 4.74 Å². The zero-order valence-electron chi connectivity index (χ0n) is 9.75. The summed E-state index contributed by atoms with van der Waals surface area (Å²) in [6, 6.07) is 5.04. The van der Waals surface area contributed by atoms with Crippen LogP contribution < -0.4 is 4.74 Å². The Balaban J connectivity index is 3.07. The number of benzene rings is 1. The lowest BCUT2D eigenvalue weighted by molar-refractivity contribution is 0.0600. The van der Waals surface area contributed by atoms with E-state index in [1.54, 1.807) is 25.3 Å². The summed E-state index contributed by atoms with van der Waals surface area (Å²) in [5.41, 5.74) is 1.16. The average molecular weight is 297 g/mol. The maximum Gasteiger partial charge on any atom is 0.337 e. The summed E-state index contributed by atoms with van der Waals surface area (Å²) in [6.45, 7) is 0. The third kappa shape index (κ3) is 3.79. The van der Waals surface area contributed by atoms with E-state index in [4.69, 9.17) is 4.74 Å². The largest absolute Gasteiger partial charge is 0.495 e. The zero-order chi connectivity index (χ0) is 12.7. The van der Waals surface area contributed by atoms with Gasteiger partial charge in [-0.3, -0.25) is 0 Å². The van der Waals surface area contributed by atoms with Crippen molar-refractivity contribution in [1.29, 1.82) is 0 Å². The van der Waals surface area contributed by atoms with Crippen LogP contribution in [0.25, 0.3) is 0 Å². The topological polar surface area (TPSA) is 35.5 Å². The normalized spacial score (nSPS) is 9.12. The second-order valence-corrected chi connectivity index (χ2v) is 3.94. The Kier molecular flexibility index (Phi) is 5.58. The van der Waals surface area contributed by atoms with Gasteiger partial charge in [0, 0.05) is 11.8 Å². The monoisotopic (exact) mass is 296 g/mol. The van der Waals surface area contributed by atoms with Crippen molar-refractivity contribution >= 4 is 21.9 Å². The molecule has 4 heteroatoms. The molecular weight excluding hydrogens is 284 g/mol. The van der Waals surface area contributed by atoms with Crippen molar-refractivity contribution in [3.05, 3.63) is 29.3 Å². The van der Waals surface area contributed by atoms with Gasteiger partial charge in [-0.05, 0) is 18.2 Å². The first-order valence-electron chi connectivity index (χ1n) is 5.04. The molecule has 0 bridgehead atoms. The summed E-state index contributed by atoms with van der Waals surface area (Å²) in [6.07, 6.45) is 0.742. The van der Waals surface area contributed by atoms with Crippen molar-refractivity contribution in [2.75, 3.05) is 19.5 Å². The highest BCUT2D eigenvalue weighted by Crippen LogP contribution is 2.19. The molecule has 1 rings (SSSR count). The minimum atomic E-state index is -0.379. The van der Waals surface area contributed by atoms with Crippen molar-refractivity contribution in [2.45, 2.75) is 6.42 Å². The molecule has 3 nitrogen and oxygen atoms in total. The van der Waals surface area contributed by atoms with Gasteiger partial charge in [-0.15, -0.1) is 0 Å². The van der Waals surface area contributed by atoms with E-state index in [9.17, 15) is 4.79 Å². The fraction of sp³-hybridized carbons (Fsp3) is 0.308. The molecule has 0 aliphatic carbocycles. The summed E-state index contributed by atoms with van der Waals surface area (Å²) < 4.78 is 9.83. The van der Waals surface area contributed by atoms with Crippen LogP contribution in [0, 0.1) is 11.8 Å². The van der Waals surface area contributed by atoms with Crippen LogP contribution in [0.1, 0.15) is 22.3 Å². The predicted octanol–water partition coefficient (Wildman–Crippen LogP) is 2.62. The number of carbonyl (C=O) groups excluding carboxylic acids is 1. The Morgan fingerprint density at radius 3 is 2.76 bits per heavy atom. The maximum absolute atomic E-state index is 11.4. The molecule has 0 N–H and O–H groups in total. The SMILES string of the molecule is COC(=O)c1ccc(OC)c(C#CCCBr)c1. The first kappa shape index (κ1) is 13.6. The van der Waals surface area contributed by atoms with Gasteiger partial charge in [0.15, 0.2) is 0 Å². The van der Waals surface area contributed by atoms with Gasteiger partial charge in [-0.1, -0.05) is 27.8 Å². The van der Waals surface area contributed by atoms with Gasteiger partial charge in [0.2, 0.25) is 0 Å². The number of esters is 1. The molecule has 1 aromatic rings. The number of hydrogen-bond donors (Lipinski definition) is 0. The first-order chi connectivity index (χ1) is 8.22. The Bertz CT molecular complexity index is 457. The lowest BCUT2D eigenvalue weighted by Crippen LogP contribution is -2.02. The van der Waals surface area contributed by atoms with Crippen molar-refractivity contribution in [1.82, 2.24) is 0 Å². The lowest BCUT2D eigenvalue weighted by Gasteiger charge is -2.05. The molecule has 0 radical (unpaired) electrons. The molecule has 0 atom stereocenters. The van der Waals surface area contributed by atoms with Crippen molar-refractivity contribution in [3.8, 4) is 17.6 Å². The predicted molar refractivity (Wildman–Crippen MR) is 69.6 cm³/mol. The molecule has 0 saturated carbocycles. The minimum absolute atomic E-state index is 0.379. The van der Waals surface area contributed by atoms with E-state index < -0.39 is 0 Å². The second kappa shape index (κ2) is 6.97. The van der Waals surface area contributed by atoms with Crippen molar-refractivity contribution in [2.24, 2.45) is 0 Å². The van der Waals surface area contributed by atoms with Gasteiger partial charge in [0.1, 0.15) is 5.75 Å². The molecular formula is C13H13BrO3. The minimum Gasteiger partial charge on any atom is -0.495 e. The molecule has 0 aliphatic heterocycles. The van der Waals surface area contributed by atoms with Crippen molar-refractivity contribution < 1.29 is 14.3 Å². The van der Waals surface area contributed by atoms with Gasteiger partial charge in [0.25, 0.3) is 0 Å². The highest BCUT2D eigenvalue weighted by atomic mass is 79.9. The molecule has 0 amide bonds. The van der Waals surface area contributed by atoms with Gasteiger partial charge in [0.05, 0.1) is 25.3 Å². The molecule has 0 fully saturated rings. The van der Waals surface area contributed by atoms with Crippen LogP contribution in [0.2, 0.25) is 0 Å². The van der Waals surface area contributed by atoms with Gasteiger partial charge < -0.3 is 9.47 Å². The van der Waals surface area contributed by atoms with E-state index in [-0.39, 0.29) is 5.97 Å².